The van der Waals surface area contributed by atoms with E-state index < -0.39 is 0 Å². The van der Waals surface area contributed by atoms with Crippen LogP contribution >= 0.6 is 0 Å². The van der Waals surface area contributed by atoms with Crippen LogP contribution in [-0.2, 0) is 11.3 Å². The summed E-state index contributed by atoms with van der Waals surface area (Å²) in [7, 11) is 0. The minimum absolute atomic E-state index is 0.147. The second-order valence-corrected chi connectivity index (χ2v) is 6.54. The Hall–Kier alpha value is -1.95. The molecular weight excluding hydrogens is 282 g/mol. The summed E-state index contributed by atoms with van der Waals surface area (Å²) in [6.07, 6.45) is 2.11. The second kappa shape index (κ2) is 5.68. The Morgan fingerprint density at radius 2 is 2.00 bits per heavy atom. The van der Waals surface area contributed by atoms with Crippen LogP contribution in [0.15, 0.2) is 24.3 Å². The minimum atomic E-state index is -0.311. The maximum Gasteiger partial charge on any atom is 0.273 e. The predicted molar refractivity (Wildman–Crippen MR) is 82.3 cm³/mol. The molecule has 1 atom stereocenters. The second-order valence-electron chi connectivity index (χ2n) is 6.54. The first-order valence-corrected chi connectivity index (χ1v) is 7.69. The first-order chi connectivity index (χ1) is 10.5. The van der Waals surface area contributed by atoms with E-state index in [4.69, 9.17) is 0 Å². The maximum absolute atomic E-state index is 11.5. The van der Waals surface area contributed by atoms with Gasteiger partial charge in [-0.2, -0.15) is 0 Å². The van der Waals surface area contributed by atoms with Crippen LogP contribution in [0.2, 0.25) is 0 Å². The van der Waals surface area contributed by atoms with Gasteiger partial charge < -0.3 is 4.90 Å². The third-order valence-electron chi connectivity index (χ3n) is 4.98. The number of hydrogen-bond donors (Lipinski definition) is 0. The highest BCUT2D eigenvalue weighted by Gasteiger charge is 2.44. The Balaban J connectivity index is 1.67. The Bertz CT molecular complexity index is 604. The average Bonchev–Trinajstić information content (AvgIpc) is 3.07. The number of nitro groups is 1. The van der Waals surface area contributed by atoms with Crippen molar-refractivity contribution in [1.29, 1.82) is 0 Å². The number of likely N-dealkylation sites (tertiary alicyclic amines) is 2. The van der Waals surface area contributed by atoms with Crippen LogP contribution in [0.1, 0.15) is 25.3 Å². The van der Waals surface area contributed by atoms with Crippen LogP contribution in [0.5, 0.6) is 0 Å². The molecule has 118 valence electrons. The topological polar surface area (TPSA) is 66.7 Å². The SMILES string of the molecule is CC(=O)N1CCC2(CCN(Cc3ccccc3[N+](=O)[O-])C2)C1. The van der Waals surface area contributed by atoms with E-state index in [-0.39, 0.29) is 21.9 Å². The fourth-order valence-corrected chi connectivity index (χ4v) is 3.76. The van der Waals surface area contributed by atoms with Crippen molar-refractivity contribution in [1.82, 2.24) is 9.80 Å². The van der Waals surface area contributed by atoms with E-state index in [1.165, 1.54) is 0 Å². The first-order valence-electron chi connectivity index (χ1n) is 7.69. The monoisotopic (exact) mass is 303 g/mol. The van der Waals surface area contributed by atoms with Gasteiger partial charge in [-0.15, -0.1) is 0 Å². The van der Waals surface area contributed by atoms with Crippen LogP contribution in [0.3, 0.4) is 0 Å². The van der Waals surface area contributed by atoms with Crippen LogP contribution in [-0.4, -0.2) is 46.8 Å². The molecule has 2 saturated heterocycles. The smallest absolute Gasteiger partial charge is 0.273 e. The van der Waals surface area contributed by atoms with Crippen LogP contribution in [0.4, 0.5) is 5.69 Å². The molecule has 2 fully saturated rings. The van der Waals surface area contributed by atoms with Crippen molar-refractivity contribution in [2.45, 2.75) is 26.3 Å². The molecule has 0 saturated carbocycles. The molecule has 1 amide bonds. The van der Waals surface area contributed by atoms with Gasteiger partial charge in [0.2, 0.25) is 5.91 Å². The van der Waals surface area contributed by atoms with E-state index in [1.54, 1.807) is 19.1 Å². The summed E-state index contributed by atoms with van der Waals surface area (Å²) in [6.45, 7) is 5.77. The van der Waals surface area contributed by atoms with Gasteiger partial charge in [0.25, 0.3) is 5.69 Å². The van der Waals surface area contributed by atoms with Gasteiger partial charge in [0.1, 0.15) is 0 Å². The van der Waals surface area contributed by atoms with E-state index in [0.717, 1.165) is 44.6 Å². The van der Waals surface area contributed by atoms with Crippen molar-refractivity contribution in [2.75, 3.05) is 26.2 Å². The number of carbonyl (C=O) groups excluding carboxylic acids is 1. The van der Waals surface area contributed by atoms with Crippen molar-refractivity contribution in [2.24, 2.45) is 5.41 Å². The number of rotatable bonds is 3. The lowest BCUT2D eigenvalue weighted by Gasteiger charge is -2.24. The van der Waals surface area contributed by atoms with E-state index >= 15 is 0 Å². The first kappa shape index (κ1) is 15.0. The number of benzene rings is 1. The van der Waals surface area contributed by atoms with Crippen molar-refractivity contribution < 1.29 is 9.72 Å². The number of carbonyl (C=O) groups is 1. The summed E-state index contributed by atoms with van der Waals surface area (Å²) in [5.41, 5.74) is 1.15. The molecule has 6 heteroatoms. The van der Waals surface area contributed by atoms with E-state index in [2.05, 4.69) is 4.90 Å². The summed E-state index contributed by atoms with van der Waals surface area (Å²) in [6, 6.07) is 6.95. The molecule has 1 aromatic carbocycles. The van der Waals surface area contributed by atoms with Gasteiger partial charge in [0.05, 0.1) is 4.92 Å². The highest BCUT2D eigenvalue weighted by Crippen LogP contribution is 2.40. The van der Waals surface area contributed by atoms with Gasteiger partial charge in [-0.25, -0.2) is 0 Å². The van der Waals surface area contributed by atoms with Crippen molar-refractivity contribution in [3.05, 3.63) is 39.9 Å². The van der Waals surface area contributed by atoms with E-state index in [9.17, 15) is 14.9 Å². The Morgan fingerprint density at radius 3 is 2.68 bits per heavy atom. The quantitative estimate of drug-likeness (QED) is 0.633. The molecule has 22 heavy (non-hydrogen) atoms. The lowest BCUT2D eigenvalue weighted by Crippen LogP contribution is -2.32. The zero-order valence-electron chi connectivity index (χ0n) is 12.8. The molecule has 0 aliphatic carbocycles. The molecule has 0 bridgehead atoms. The molecule has 3 rings (SSSR count). The number of para-hydroxylation sites is 1. The molecule has 0 radical (unpaired) electrons. The molecule has 6 nitrogen and oxygen atoms in total. The van der Waals surface area contributed by atoms with E-state index in [1.807, 2.05) is 17.0 Å². The lowest BCUT2D eigenvalue weighted by molar-refractivity contribution is -0.385. The Kier molecular flexibility index (Phi) is 3.87. The Morgan fingerprint density at radius 1 is 1.27 bits per heavy atom. The molecule has 1 unspecified atom stereocenters. The molecule has 2 heterocycles. The minimum Gasteiger partial charge on any atom is -0.342 e. The zero-order valence-corrected chi connectivity index (χ0v) is 12.8. The number of amides is 1. The molecule has 0 N–H and O–H groups in total. The van der Waals surface area contributed by atoms with Crippen LogP contribution in [0.25, 0.3) is 0 Å². The molecule has 2 aliphatic heterocycles. The molecule has 2 aliphatic rings. The molecule has 0 aromatic heterocycles. The largest absolute Gasteiger partial charge is 0.342 e. The molecule has 1 aromatic rings. The molecular formula is C16H21N3O3. The van der Waals surface area contributed by atoms with Crippen LogP contribution < -0.4 is 0 Å². The average molecular weight is 303 g/mol. The number of hydrogen-bond acceptors (Lipinski definition) is 4. The summed E-state index contributed by atoms with van der Waals surface area (Å²) < 4.78 is 0. The van der Waals surface area contributed by atoms with Gasteiger partial charge in [0, 0.05) is 50.1 Å². The normalized spacial score (nSPS) is 25.0. The van der Waals surface area contributed by atoms with E-state index in [0.29, 0.717) is 6.54 Å². The molecule has 1 spiro atoms. The third kappa shape index (κ3) is 2.83. The maximum atomic E-state index is 11.5. The fraction of sp³-hybridized carbons (Fsp3) is 0.562. The van der Waals surface area contributed by atoms with Crippen molar-refractivity contribution in [3.63, 3.8) is 0 Å². The number of nitrogens with zero attached hydrogens (tertiary/aromatic N) is 3. The van der Waals surface area contributed by atoms with Gasteiger partial charge >= 0.3 is 0 Å². The summed E-state index contributed by atoms with van der Waals surface area (Å²) in [5.74, 6) is 0.147. The zero-order chi connectivity index (χ0) is 15.7. The van der Waals surface area contributed by atoms with Gasteiger partial charge in [-0.3, -0.25) is 19.8 Å². The van der Waals surface area contributed by atoms with Gasteiger partial charge in [-0.05, 0) is 19.4 Å². The standard InChI is InChI=1S/C16H21N3O3/c1-13(20)18-9-7-16(12-18)6-8-17(11-16)10-14-4-2-3-5-15(14)19(21)22/h2-5H,6-12H2,1H3. The lowest BCUT2D eigenvalue weighted by atomic mass is 9.86. The van der Waals surface area contributed by atoms with Crippen molar-refractivity contribution in [3.8, 4) is 0 Å². The summed E-state index contributed by atoms with van der Waals surface area (Å²) in [5, 5.41) is 11.1. The Labute approximate surface area is 129 Å². The van der Waals surface area contributed by atoms with Gasteiger partial charge in [0.15, 0.2) is 0 Å². The highest BCUT2D eigenvalue weighted by atomic mass is 16.6. The third-order valence-corrected chi connectivity index (χ3v) is 4.98. The summed E-state index contributed by atoms with van der Waals surface area (Å²) in [4.78, 5) is 26.5. The fourth-order valence-electron chi connectivity index (χ4n) is 3.76. The predicted octanol–water partition coefficient (Wildman–Crippen LogP) is 2.04. The highest BCUT2D eigenvalue weighted by molar-refractivity contribution is 5.73. The number of nitro benzene ring substituents is 1. The van der Waals surface area contributed by atoms with Crippen LogP contribution in [0, 0.1) is 15.5 Å². The summed E-state index contributed by atoms with van der Waals surface area (Å²) >= 11 is 0. The van der Waals surface area contributed by atoms with Gasteiger partial charge in [-0.1, -0.05) is 18.2 Å². The van der Waals surface area contributed by atoms with Crippen molar-refractivity contribution >= 4 is 11.6 Å².